The Hall–Kier alpha value is -1.95. The molecule has 1 aliphatic heterocycles. The Labute approximate surface area is 121 Å². The van der Waals surface area contributed by atoms with Gasteiger partial charge < -0.3 is 9.80 Å². The average Bonchev–Trinajstić information content (AvgIpc) is 2.92. The van der Waals surface area contributed by atoms with Crippen LogP contribution >= 0.6 is 11.3 Å². The zero-order chi connectivity index (χ0) is 13.8. The zero-order valence-corrected chi connectivity index (χ0v) is 11.9. The second-order valence-corrected chi connectivity index (χ2v) is 5.41. The number of carbonyl (C=O) groups is 1. The van der Waals surface area contributed by atoms with Crippen molar-refractivity contribution in [1.82, 2.24) is 14.9 Å². The Bertz CT molecular complexity index is 558. The predicted molar refractivity (Wildman–Crippen MR) is 79.1 cm³/mol. The highest BCUT2D eigenvalue weighted by Gasteiger charge is 2.21. The molecule has 0 saturated carbocycles. The Balaban J connectivity index is 1.67. The van der Waals surface area contributed by atoms with Gasteiger partial charge in [0.05, 0.1) is 5.51 Å². The Morgan fingerprint density at radius 3 is 2.85 bits per heavy atom. The summed E-state index contributed by atoms with van der Waals surface area (Å²) in [6.45, 7) is 3.23. The average molecular weight is 288 g/mol. The van der Waals surface area contributed by atoms with Gasteiger partial charge in [-0.1, -0.05) is 6.07 Å². The predicted octanol–water partition coefficient (Wildman–Crippen LogP) is 1.89. The molecule has 0 radical (unpaired) electrons. The summed E-state index contributed by atoms with van der Waals surface area (Å²) < 4.78 is 0. The molecule has 1 aliphatic rings. The Morgan fingerprint density at radius 2 is 2.10 bits per heavy atom. The maximum atomic E-state index is 12.3. The molecule has 5 nitrogen and oxygen atoms in total. The van der Waals surface area contributed by atoms with Gasteiger partial charge in [0, 0.05) is 37.8 Å². The van der Waals surface area contributed by atoms with Gasteiger partial charge in [-0.05, 0) is 18.6 Å². The van der Waals surface area contributed by atoms with E-state index in [1.54, 1.807) is 11.7 Å². The minimum Gasteiger partial charge on any atom is -0.355 e. The van der Waals surface area contributed by atoms with Crippen LogP contribution in [0.2, 0.25) is 0 Å². The molecule has 0 aromatic carbocycles. The van der Waals surface area contributed by atoms with Crippen LogP contribution in [0.25, 0.3) is 0 Å². The summed E-state index contributed by atoms with van der Waals surface area (Å²) in [6.07, 6.45) is 2.75. The molecule has 0 unspecified atom stereocenters. The second kappa shape index (κ2) is 6.00. The van der Waals surface area contributed by atoms with E-state index in [1.165, 1.54) is 11.3 Å². The molecule has 104 valence electrons. The van der Waals surface area contributed by atoms with Crippen molar-refractivity contribution < 1.29 is 4.79 Å². The summed E-state index contributed by atoms with van der Waals surface area (Å²) in [7, 11) is 0. The van der Waals surface area contributed by atoms with Crippen molar-refractivity contribution in [3.05, 3.63) is 41.0 Å². The molecule has 20 heavy (non-hydrogen) atoms. The van der Waals surface area contributed by atoms with E-state index in [0.29, 0.717) is 12.2 Å². The van der Waals surface area contributed by atoms with Gasteiger partial charge in [0.1, 0.15) is 11.5 Å². The van der Waals surface area contributed by atoms with Gasteiger partial charge in [-0.2, -0.15) is 0 Å². The molecule has 2 aromatic heterocycles. The number of nitrogens with zero attached hydrogens (tertiary/aromatic N) is 4. The highest BCUT2D eigenvalue weighted by atomic mass is 32.1. The van der Waals surface area contributed by atoms with Crippen molar-refractivity contribution in [2.45, 2.75) is 6.42 Å². The van der Waals surface area contributed by atoms with Crippen LogP contribution in [0.1, 0.15) is 16.9 Å². The van der Waals surface area contributed by atoms with Crippen LogP contribution in [0.5, 0.6) is 0 Å². The highest BCUT2D eigenvalue weighted by molar-refractivity contribution is 7.07. The van der Waals surface area contributed by atoms with Crippen LogP contribution in [0.3, 0.4) is 0 Å². The molecule has 3 heterocycles. The maximum absolute atomic E-state index is 12.3. The number of thiazole rings is 1. The van der Waals surface area contributed by atoms with Gasteiger partial charge in [0.15, 0.2) is 0 Å². The lowest BCUT2D eigenvalue weighted by atomic mass is 10.3. The zero-order valence-electron chi connectivity index (χ0n) is 11.1. The van der Waals surface area contributed by atoms with Gasteiger partial charge in [-0.25, -0.2) is 9.97 Å². The van der Waals surface area contributed by atoms with Gasteiger partial charge in [-0.3, -0.25) is 4.79 Å². The van der Waals surface area contributed by atoms with E-state index in [2.05, 4.69) is 14.9 Å². The van der Waals surface area contributed by atoms with E-state index in [0.717, 1.165) is 31.9 Å². The minimum absolute atomic E-state index is 0.0362. The SMILES string of the molecule is O=C(c1cscn1)N1CCCN(c2ccccn2)CC1. The number of rotatable bonds is 2. The molecule has 0 atom stereocenters. The summed E-state index contributed by atoms with van der Waals surface area (Å²) in [4.78, 5) is 24.9. The van der Waals surface area contributed by atoms with Crippen LogP contribution in [0, 0.1) is 0 Å². The minimum atomic E-state index is 0.0362. The van der Waals surface area contributed by atoms with Crippen molar-refractivity contribution in [3.8, 4) is 0 Å². The third kappa shape index (κ3) is 2.80. The van der Waals surface area contributed by atoms with Gasteiger partial charge in [0.2, 0.25) is 0 Å². The number of hydrogen-bond donors (Lipinski definition) is 0. The first-order valence-electron chi connectivity index (χ1n) is 6.68. The van der Waals surface area contributed by atoms with E-state index in [-0.39, 0.29) is 5.91 Å². The number of aromatic nitrogens is 2. The first kappa shape index (κ1) is 13.1. The van der Waals surface area contributed by atoms with E-state index < -0.39 is 0 Å². The summed E-state index contributed by atoms with van der Waals surface area (Å²) in [5.74, 6) is 1.02. The lowest BCUT2D eigenvalue weighted by Gasteiger charge is -2.22. The molecule has 3 rings (SSSR count). The lowest BCUT2D eigenvalue weighted by molar-refractivity contribution is 0.0762. The summed E-state index contributed by atoms with van der Waals surface area (Å²) >= 11 is 1.46. The number of pyridine rings is 1. The quantitative estimate of drug-likeness (QED) is 0.847. The van der Waals surface area contributed by atoms with E-state index in [9.17, 15) is 4.79 Å². The molecule has 1 saturated heterocycles. The van der Waals surface area contributed by atoms with Gasteiger partial charge in [0.25, 0.3) is 5.91 Å². The molecule has 0 spiro atoms. The molecule has 0 bridgehead atoms. The van der Waals surface area contributed by atoms with Crippen molar-refractivity contribution in [2.24, 2.45) is 0 Å². The fourth-order valence-corrected chi connectivity index (χ4v) is 2.90. The van der Waals surface area contributed by atoms with Crippen molar-refractivity contribution in [1.29, 1.82) is 0 Å². The normalized spacial score (nSPS) is 16.0. The number of carbonyl (C=O) groups excluding carboxylic acids is 1. The van der Waals surface area contributed by atoms with Crippen molar-refractivity contribution in [3.63, 3.8) is 0 Å². The van der Waals surface area contributed by atoms with E-state index in [4.69, 9.17) is 0 Å². The van der Waals surface area contributed by atoms with Crippen LogP contribution < -0.4 is 4.90 Å². The van der Waals surface area contributed by atoms with Crippen LogP contribution in [0.4, 0.5) is 5.82 Å². The summed E-state index contributed by atoms with van der Waals surface area (Å²) in [5.41, 5.74) is 2.26. The smallest absolute Gasteiger partial charge is 0.273 e. The van der Waals surface area contributed by atoms with Crippen LogP contribution in [-0.2, 0) is 0 Å². The first-order valence-corrected chi connectivity index (χ1v) is 7.62. The van der Waals surface area contributed by atoms with Crippen molar-refractivity contribution in [2.75, 3.05) is 31.1 Å². The summed E-state index contributed by atoms with van der Waals surface area (Å²) in [5, 5.41) is 1.81. The van der Waals surface area contributed by atoms with Gasteiger partial charge in [-0.15, -0.1) is 11.3 Å². The Kier molecular flexibility index (Phi) is 3.92. The third-order valence-corrected chi connectivity index (χ3v) is 3.99. The summed E-state index contributed by atoms with van der Waals surface area (Å²) in [6, 6.07) is 5.92. The Morgan fingerprint density at radius 1 is 1.15 bits per heavy atom. The molecule has 2 aromatic rings. The molecule has 0 aliphatic carbocycles. The largest absolute Gasteiger partial charge is 0.355 e. The fourth-order valence-electron chi connectivity index (χ4n) is 2.37. The van der Waals surface area contributed by atoms with Crippen molar-refractivity contribution >= 4 is 23.1 Å². The number of anilines is 1. The molecule has 1 fully saturated rings. The number of hydrogen-bond acceptors (Lipinski definition) is 5. The highest BCUT2D eigenvalue weighted by Crippen LogP contribution is 2.14. The standard InChI is InChI=1S/C14H16N4OS/c19-14(12-10-20-11-16-12)18-7-3-6-17(8-9-18)13-4-1-2-5-15-13/h1-2,4-5,10-11H,3,6-9H2. The van der Waals surface area contributed by atoms with E-state index >= 15 is 0 Å². The molecule has 6 heteroatoms. The van der Waals surface area contributed by atoms with Gasteiger partial charge >= 0.3 is 0 Å². The molecular weight excluding hydrogens is 272 g/mol. The fraction of sp³-hybridized carbons (Fsp3) is 0.357. The topological polar surface area (TPSA) is 49.3 Å². The second-order valence-electron chi connectivity index (χ2n) is 4.69. The van der Waals surface area contributed by atoms with E-state index in [1.807, 2.05) is 28.5 Å². The lowest BCUT2D eigenvalue weighted by Crippen LogP contribution is -2.35. The molecular formula is C14H16N4OS. The first-order chi connectivity index (χ1) is 9.84. The molecule has 1 amide bonds. The number of amides is 1. The molecule has 0 N–H and O–H groups in total. The monoisotopic (exact) mass is 288 g/mol. The van der Waals surface area contributed by atoms with Crippen LogP contribution in [-0.4, -0.2) is 47.0 Å². The third-order valence-electron chi connectivity index (χ3n) is 3.41. The maximum Gasteiger partial charge on any atom is 0.273 e. The van der Waals surface area contributed by atoms with Crippen LogP contribution in [0.15, 0.2) is 35.3 Å².